The van der Waals surface area contributed by atoms with E-state index in [2.05, 4.69) is 20.8 Å². The van der Waals surface area contributed by atoms with Crippen LogP contribution in [0.15, 0.2) is 64.4 Å². The number of nitrogen functional groups attached to an aromatic ring is 1. The number of aromatic nitrogens is 1. The van der Waals surface area contributed by atoms with Crippen LogP contribution in [0.4, 0.5) is 5.13 Å². The van der Waals surface area contributed by atoms with Crippen molar-refractivity contribution in [1.82, 2.24) is 20.5 Å². The normalized spacial score (nSPS) is 24.6. The minimum absolute atomic E-state index is 0.0121. The number of carbonyl (C=O) groups excluding carboxylic acids is 2. The van der Waals surface area contributed by atoms with Crippen LogP contribution in [0.2, 0.25) is 4.34 Å². The molecule has 0 saturated carbocycles. The summed E-state index contributed by atoms with van der Waals surface area (Å²) >= 11 is 8.26. The largest absolute Gasteiger partial charge is 0.478 e. The Morgan fingerprint density at radius 3 is 2.74 bits per heavy atom. The summed E-state index contributed by atoms with van der Waals surface area (Å²) in [6.07, 6.45) is 11.0. The standard InChI is InChI=1S/C27H30ClN9O7S2/c1-13(25(40)41)44-35-18(17-21(28)46-27(31)34-17)22(38)33-19-23(39)37-20(26(42)43)14(12-45-24(19)37)5-4-10-36-9-3-2-6-15(30)16(11-36)32-8-7-29/h2-6,9,11,13,19,24,30,32H,7-8,10,12,29H2,1H3,(H5,31,33,34,38,40,41,42,43)/p+1/b5-4+,6-2+,9-3+,16-11?,35-18-/t13-,19+,24?/m0/s1. The molecule has 46 heavy (non-hydrogen) atoms. The first-order chi connectivity index (χ1) is 21.9. The van der Waals surface area contributed by atoms with Crippen LogP contribution >= 0.6 is 34.7 Å². The molecule has 1 fully saturated rings. The number of oxime groups is 1. The zero-order valence-electron chi connectivity index (χ0n) is 24.3. The number of carbonyl (C=O) groups is 4. The van der Waals surface area contributed by atoms with Gasteiger partial charge in [-0.1, -0.05) is 40.2 Å². The van der Waals surface area contributed by atoms with E-state index < -0.39 is 47.0 Å². The minimum atomic E-state index is -1.42. The van der Waals surface area contributed by atoms with Crippen molar-refractivity contribution in [2.45, 2.75) is 24.4 Å². The van der Waals surface area contributed by atoms with Gasteiger partial charge in [-0.25, -0.2) is 14.6 Å². The van der Waals surface area contributed by atoms with E-state index in [1.165, 1.54) is 18.7 Å². The highest BCUT2D eigenvalue weighted by atomic mass is 35.5. The Hall–Kier alpha value is -4.65. The number of allylic oxidation sites excluding steroid dienone is 5. The number of nitrogens with zero attached hydrogens (tertiary/aromatic N) is 4. The number of thiazole rings is 1. The van der Waals surface area contributed by atoms with E-state index >= 15 is 0 Å². The van der Waals surface area contributed by atoms with Gasteiger partial charge in [0.15, 0.2) is 29.8 Å². The number of rotatable bonds is 13. The molecule has 3 aliphatic heterocycles. The van der Waals surface area contributed by atoms with Crippen LogP contribution in [-0.2, 0) is 24.0 Å². The maximum Gasteiger partial charge on any atom is 0.352 e. The first-order valence-corrected chi connectivity index (χ1v) is 15.8. The minimum Gasteiger partial charge on any atom is -0.478 e. The predicted molar refractivity (Wildman–Crippen MR) is 173 cm³/mol. The van der Waals surface area contributed by atoms with Gasteiger partial charge in [-0.2, -0.15) is 4.58 Å². The van der Waals surface area contributed by atoms with E-state index in [1.807, 2.05) is 10.8 Å². The molecule has 244 valence electrons. The molecule has 19 heteroatoms. The highest BCUT2D eigenvalue weighted by Gasteiger charge is 2.54. The van der Waals surface area contributed by atoms with Gasteiger partial charge >= 0.3 is 11.9 Å². The highest BCUT2D eigenvalue weighted by molar-refractivity contribution is 8.00. The third-order valence-electron chi connectivity index (χ3n) is 6.54. The molecule has 0 spiro atoms. The second kappa shape index (κ2) is 15.1. The fourth-order valence-corrected chi connectivity index (χ4v) is 6.54. The number of β-lactam (4-membered cyclic amide) rings is 1. The van der Waals surface area contributed by atoms with Gasteiger partial charge in [0.25, 0.3) is 11.8 Å². The van der Waals surface area contributed by atoms with Gasteiger partial charge in [0.05, 0.1) is 5.70 Å². The zero-order valence-corrected chi connectivity index (χ0v) is 26.6. The van der Waals surface area contributed by atoms with Crippen LogP contribution in [0.5, 0.6) is 0 Å². The van der Waals surface area contributed by atoms with Gasteiger partial charge < -0.3 is 42.9 Å². The lowest BCUT2D eigenvalue weighted by Gasteiger charge is -2.49. The smallest absolute Gasteiger partial charge is 0.352 e. The van der Waals surface area contributed by atoms with Crippen LogP contribution in [0.25, 0.3) is 0 Å². The number of carboxylic acids is 2. The summed E-state index contributed by atoms with van der Waals surface area (Å²) in [4.78, 5) is 60.0. The average Bonchev–Trinajstić information content (AvgIpc) is 3.34. The van der Waals surface area contributed by atoms with Gasteiger partial charge in [0.2, 0.25) is 6.10 Å². The van der Waals surface area contributed by atoms with Crippen molar-refractivity contribution in [3.63, 3.8) is 0 Å². The van der Waals surface area contributed by atoms with Crippen molar-refractivity contribution in [2.24, 2.45) is 16.6 Å². The molecule has 0 bridgehead atoms. The average molecular weight is 693 g/mol. The van der Waals surface area contributed by atoms with E-state index in [1.54, 1.807) is 36.6 Å². The molecule has 2 amide bonds. The maximum atomic E-state index is 13.3. The summed E-state index contributed by atoms with van der Waals surface area (Å²) in [6.45, 7) is 2.49. The zero-order chi connectivity index (χ0) is 33.5. The Balaban J connectivity index is 1.51. The summed E-state index contributed by atoms with van der Waals surface area (Å²) in [5, 5.41) is 27.8. The lowest BCUT2D eigenvalue weighted by Crippen LogP contribution is -2.71. The number of nitrogens with one attached hydrogen (secondary N) is 2. The van der Waals surface area contributed by atoms with Crippen LogP contribution in [0, 0.1) is 0 Å². The molecule has 1 saturated heterocycles. The highest BCUT2D eigenvalue weighted by Crippen LogP contribution is 2.40. The molecule has 1 unspecified atom stereocenters. The molecule has 4 heterocycles. The molecular formula is C27H31ClN9O7S2+. The number of amides is 2. The van der Waals surface area contributed by atoms with Crippen molar-refractivity contribution < 1.29 is 38.8 Å². The molecule has 10 N–H and O–H groups in total. The fourth-order valence-electron chi connectivity index (χ4n) is 4.29. The molecule has 16 nitrogen and oxygen atoms in total. The Bertz CT molecular complexity index is 1650. The van der Waals surface area contributed by atoms with Crippen molar-refractivity contribution >= 4 is 75.5 Å². The summed E-state index contributed by atoms with van der Waals surface area (Å²) in [5.74, 6) is -4.03. The first-order valence-electron chi connectivity index (χ1n) is 13.6. The number of hydrogen-bond acceptors (Lipinski definition) is 13. The Morgan fingerprint density at radius 1 is 1.33 bits per heavy atom. The number of anilines is 1. The van der Waals surface area contributed by atoms with Gasteiger partial charge in [0.1, 0.15) is 32.8 Å². The first kappa shape index (κ1) is 34.2. The number of thioether (sulfide) groups is 1. The SMILES string of the molecule is C[C@H](O/N=C(\C(=O)N[C@@H]1C(=O)N2C(C(=O)O)=C(/C=C/C[N+]3=C/C(NCCN)=C(N)\C=C\C=C\3)CSC12)c1nc(N)sc1Cl)C(=O)O. The molecular weight excluding hydrogens is 662 g/mol. The Labute approximate surface area is 275 Å². The summed E-state index contributed by atoms with van der Waals surface area (Å²) < 4.78 is 1.83. The quantitative estimate of drug-likeness (QED) is 0.0610. The number of halogens is 1. The molecule has 1 aromatic heterocycles. The second-order valence-corrected chi connectivity index (χ2v) is 12.5. The predicted octanol–water partition coefficient (Wildman–Crippen LogP) is -0.247. The lowest BCUT2D eigenvalue weighted by molar-refractivity contribution is -0.439. The summed E-state index contributed by atoms with van der Waals surface area (Å²) in [7, 11) is 0. The van der Waals surface area contributed by atoms with Crippen molar-refractivity contribution in [1.29, 1.82) is 0 Å². The topological polar surface area (TPSA) is 252 Å². The van der Waals surface area contributed by atoms with Gasteiger partial charge in [-0.3, -0.25) is 14.5 Å². The van der Waals surface area contributed by atoms with Crippen molar-refractivity contribution in [3.8, 4) is 0 Å². The maximum absolute atomic E-state index is 13.3. The Kier molecular flexibility index (Phi) is 11.2. The molecule has 3 atom stereocenters. The van der Waals surface area contributed by atoms with Crippen LogP contribution in [0.1, 0.15) is 12.6 Å². The van der Waals surface area contributed by atoms with E-state index in [0.717, 1.165) is 16.2 Å². The number of aliphatic carboxylic acids is 2. The Morgan fingerprint density at radius 2 is 2.09 bits per heavy atom. The third kappa shape index (κ3) is 7.76. The van der Waals surface area contributed by atoms with Crippen molar-refractivity contribution in [2.75, 3.05) is 31.1 Å². The number of fused-ring (bicyclic) bond motifs is 1. The van der Waals surface area contributed by atoms with Gasteiger partial charge in [0, 0.05) is 24.9 Å². The van der Waals surface area contributed by atoms with Crippen LogP contribution < -0.4 is 27.8 Å². The lowest BCUT2D eigenvalue weighted by atomic mass is 10.0. The summed E-state index contributed by atoms with van der Waals surface area (Å²) in [5.41, 5.74) is 18.1. The monoisotopic (exact) mass is 692 g/mol. The molecule has 0 aromatic carbocycles. The summed E-state index contributed by atoms with van der Waals surface area (Å²) in [6, 6.07) is -1.13. The van der Waals surface area contributed by atoms with Crippen LogP contribution in [0.3, 0.4) is 0 Å². The van der Waals surface area contributed by atoms with E-state index in [-0.39, 0.29) is 26.6 Å². The third-order valence-corrected chi connectivity index (χ3v) is 8.93. The van der Waals surface area contributed by atoms with Crippen LogP contribution in [-0.4, -0.2) is 103 Å². The van der Waals surface area contributed by atoms with Crippen molar-refractivity contribution in [3.05, 3.63) is 69.3 Å². The molecule has 0 aliphatic carbocycles. The van der Waals surface area contributed by atoms with E-state index in [0.29, 0.717) is 36.6 Å². The number of carboxylic acid groups (broad SMARTS) is 2. The number of hydrogen-bond donors (Lipinski definition) is 7. The van der Waals surface area contributed by atoms with E-state index in [4.69, 9.17) is 38.7 Å². The van der Waals surface area contributed by atoms with Gasteiger partial charge in [-0.05, 0) is 24.6 Å². The fraction of sp³-hybridized carbons (Fsp3) is 0.296. The van der Waals surface area contributed by atoms with Gasteiger partial charge in [-0.15, -0.1) is 11.8 Å². The van der Waals surface area contributed by atoms with E-state index in [9.17, 15) is 24.3 Å². The number of nitrogens with two attached hydrogens (primary N) is 3. The molecule has 0 radical (unpaired) electrons. The molecule has 1 aromatic rings. The second-order valence-electron chi connectivity index (χ2n) is 9.75. The molecule has 3 aliphatic rings. The molecule has 4 rings (SSSR count).